The molecular weight excluding hydrogens is 244 g/mol. The smallest absolute Gasteiger partial charge is 0.119 e. The van der Waals surface area contributed by atoms with Gasteiger partial charge in [0, 0.05) is 16.8 Å². The van der Waals surface area contributed by atoms with Gasteiger partial charge < -0.3 is 10.5 Å². The Balaban J connectivity index is 1.85. The topological polar surface area (TPSA) is 48.1 Å². The van der Waals surface area contributed by atoms with E-state index in [2.05, 4.69) is 31.1 Å². The Morgan fingerprint density at radius 1 is 1.44 bits per heavy atom. The largest absolute Gasteiger partial charge is 0.371 e. The molecule has 1 aromatic rings. The van der Waals surface area contributed by atoms with Crippen LogP contribution < -0.4 is 5.73 Å². The maximum absolute atomic E-state index is 5.96. The van der Waals surface area contributed by atoms with E-state index in [-0.39, 0.29) is 5.41 Å². The van der Waals surface area contributed by atoms with Gasteiger partial charge in [0.25, 0.3) is 0 Å². The molecule has 2 unspecified atom stereocenters. The zero-order chi connectivity index (χ0) is 13.2. The summed E-state index contributed by atoms with van der Waals surface area (Å²) >= 11 is 1.70. The molecule has 0 radical (unpaired) electrons. The first-order valence-corrected chi connectivity index (χ1v) is 7.65. The van der Waals surface area contributed by atoms with Gasteiger partial charge in [0.15, 0.2) is 0 Å². The van der Waals surface area contributed by atoms with Gasteiger partial charge in [-0.15, -0.1) is 11.3 Å². The molecule has 4 heteroatoms. The Morgan fingerprint density at radius 2 is 2.22 bits per heavy atom. The van der Waals surface area contributed by atoms with Crippen molar-refractivity contribution in [2.24, 2.45) is 5.73 Å². The lowest BCUT2D eigenvalue weighted by atomic mass is 9.93. The summed E-state index contributed by atoms with van der Waals surface area (Å²) in [5.74, 6) is 0. The fraction of sp³-hybridized carbons (Fsp3) is 0.786. The molecule has 0 aromatic carbocycles. The highest BCUT2D eigenvalue weighted by Crippen LogP contribution is 2.25. The third-order valence-electron chi connectivity index (χ3n) is 3.43. The second-order valence-corrected chi connectivity index (χ2v) is 7.18. The molecule has 0 aliphatic heterocycles. The van der Waals surface area contributed by atoms with Crippen LogP contribution in [-0.4, -0.2) is 17.1 Å². The molecule has 0 amide bonds. The minimum atomic E-state index is 0.127. The van der Waals surface area contributed by atoms with Crippen LogP contribution in [0.3, 0.4) is 0 Å². The SMILES string of the molecule is CC(C)(C)c1csc(COC2CCCC(N)C2)n1. The van der Waals surface area contributed by atoms with Crippen LogP contribution in [0.4, 0.5) is 0 Å². The van der Waals surface area contributed by atoms with Gasteiger partial charge in [0.2, 0.25) is 0 Å². The molecule has 2 N–H and O–H groups in total. The van der Waals surface area contributed by atoms with Crippen molar-refractivity contribution in [1.82, 2.24) is 4.98 Å². The second kappa shape index (κ2) is 5.68. The Labute approximate surface area is 114 Å². The number of aromatic nitrogens is 1. The standard InChI is InChI=1S/C14H24N2OS/c1-14(2,3)12-9-18-13(16-12)8-17-11-6-4-5-10(15)7-11/h9-11H,4-8,15H2,1-3H3. The van der Waals surface area contributed by atoms with E-state index < -0.39 is 0 Å². The van der Waals surface area contributed by atoms with Crippen LogP contribution in [0.15, 0.2) is 5.38 Å². The van der Waals surface area contributed by atoms with E-state index in [1.165, 1.54) is 6.42 Å². The van der Waals surface area contributed by atoms with Crippen LogP contribution in [0.5, 0.6) is 0 Å². The summed E-state index contributed by atoms with van der Waals surface area (Å²) in [5.41, 5.74) is 7.25. The van der Waals surface area contributed by atoms with Crippen LogP contribution in [-0.2, 0) is 16.8 Å². The fourth-order valence-corrected chi connectivity index (χ4v) is 3.18. The lowest BCUT2D eigenvalue weighted by Crippen LogP contribution is -2.32. The molecule has 1 fully saturated rings. The molecule has 1 aromatic heterocycles. The molecule has 0 spiro atoms. The van der Waals surface area contributed by atoms with Crippen molar-refractivity contribution in [1.29, 1.82) is 0 Å². The summed E-state index contributed by atoms with van der Waals surface area (Å²) in [7, 11) is 0. The minimum absolute atomic E-state index is 0.127. The van der Waals surface area contributed by atoms with Crippen LogP contribution in [0.1, 0.15) is 57.2 Å². The molecule has 1 aliphatic rings. The van der Waals surface area contributed by atoms with E-state index in [0.29, 0.717) is 18.8 Å². The van der Waals surface area contributed by atoms with Gasteiger partial charge in [0.05, 0.1) is 18.4 Å². The van der Waals surface area contributed by atoms with Gasteiger partial charge >= 0.3 is 0 Å². The predicted octanol–water partition coefficient (Wildman–Crippen LogP) is 3.23. The molecule has 0 bridgehead atoms. The van der Waals surface area contributed by atoms with Gasteiger partial charge in [0.1, 0.15) is 5.01 Å². The Kier molecular flexibility index (Phi) is 4.41. The van der Waals surface area contributed by atoms with E-state index in [4.69, 9.17) is 10.5 Å². The van der Waals surface area contributed by atoms with Crippen molar-refractivity contribution in [3.63, 3.8) is 0 Å². The van der Waals surface area contributed by atoms with E-state index >= 15 is 0 Å². The van der Waals surface area contributed by atoms with Gasteiger partial charge in [-0.25, -0.2) is 4.98 Å². The maximum Gasteiger partial charge on any atom is 0.119 e. The molecule has 1 heterocycles. The number of hydrogen-bond acceptors (Lipinski definition) is 4. The van der Waals surface area contributed by atoms with Crippen LogP contribution in [0, 0.1) is 0 Å². The summed E-state index contributed by atoms with van der Waals surface area (Å²) < 4.78 is 5.93. The van der Waals surface area contributed by atoms with Gasteiger partial charge in [-0.2, -0.15) is 0 Å². The average molecular weight is 268 g/mol. The molecule has 2 atom stereocenters. The molecular formula is C14H24N2OS. The van der Waals surface area contributed by atoms with Gasteiger partial charge in [-0.1, -0.05) is 20.8 Å². The molecule has 1 aliphatic carbocycles. The second-order valence-electron chi connectivity index (χ2n) is 6.24. The van der Waals surface area contributed by atoms with Crippen LogP contribution >= 0.6 is 11.3 Å². The van der Waals surface area contributed by atoms with Crippen molar-refractivity contribution in [2.45, 2.75) is 70.6 Å². The highest BCUT2D eigenvalue weighted by molar-refractivity contribution is 7.09. The number of rotatable bonds is 3. The van der Waals surface area contributed by atoms with Crippen molar-refractivity contribution in [3.8, 4) is 0 Å². The van der Waals surface area contributed by atoms with E-state index in [0.717, 1.165) is 30.0 Å². The molecule has 0 saturated heterocycles. The number of nitrogens with zero attached hydrogens (tertiary/aromatic N) is 1. The Hall–Kier alpha value is -0.450. The van der Waals surface area contributed by atoms with E-state index in [9.17, 15) is 0 Å². The first-order valence-electron chi connectivity index (χ1n) is 6.77. The summed E-state index contributed by atoms with van der Waals surface area (Å²) in [6.45, 7) is 7.20. The maximum atomic E-state index is 5.96. The lowest BCUT2D eigenvalue weighted by Gasteiger charge is -2.26. The zero-order valence-electron chi connectivity index (χ0n) is 11.6. The predicted molar refractivity (Wildman–Crippen MR) is 75.8 cm³/mol. The highest BCUT2D eigenvalue weighted by Gasteiger charge is 2.21. The third-order valence-corrected chi connectivity index (χ3v) is 4.25. The summed E-state index contributed by atoms with van der Waals surface area (Å²) in [6.07, 6.45) is 4.81. The van der Waals surface area contributed by atoms with Crippen molar-refractivity contribution in [3.05, 3.63) is 16.1 Å². The number of thiazole rings is 1. The molecule has 3 nitrogen and oxygen atoms in total. The third kappa shape index (κ3) is 3.77. The monoisotopic (exact) mass is 268 g/mol. The molecule has 1 saturated carbocycles. The van der Waals surface area contributed by atoms with E-state index in [1.54, 1.807) is 11.3 Å². The zero-order valence-corrected chi connectivity index (χ0v) is 12.4. The average Bonchev–Trinajstić information content (AvgIpc) is 2.74. The quantitative estimate of drug-likeness (QED) is 0.915. The first-order chi connectivity index (χ1) is 8.45. The van der Waals surface area contributed by atoms with Gasteiger partial charge in [-0.05, 0) is 25.7 Å². The summed E-state index contributed by atoms with van der Waals surface area (Å²) in [6, 6.07) is 0.324. The Morgan fingerprint density at radius 3 is 2.83 bits per heavy atom. The number of hydrogen-bond donors (Lipinski definition) is 1. The normalized spacial score (nSPS) is 25.3. The molecule has 2 rings (SSSR count). The van der Waals surface area contributed by atoms with Crippen molar-refractivity contribution >= 4 is 11.3 Å². The molecule has 18 heavy (non-hydrogen) atoms. The number of ether oxygens (including phenoxy) is 1. The van der Waals surface area contributed by atoms with Gasteiger partial charge in [-0.3, -0.25) is 0 Å². The summed E-state index contributed by atoms with van der Waals surface area (Å²) in [4.78, 5) is 4.65. The van der Waals surface area contributed by atoms with Crippen LogP contribution in [0.2, 0.25) is 0 Å². The van der Waals surface area contributed by atoms with Crippen molar-refractivity contribution in [2.75, 3.05) is 0 Å². The van der Waals surface area contributed by atoms with E-state index in [1.807, 2.05) is 0 Å². The highest BCUT2D eigenvalue weighted by atomic mass is 32.1. The summed E-state index contributed by atoms with van der Waals surface area (Å²) in [5, 5.41) is 3.23. The van der Waals surface area contributed by atoms with Crippen molar-refractivity contribution < 1.29 is 4.74 Å². The van der Waals surface area contributed by atoms with Crippen LogP contribution in [0.25, 0.3) is 0 Å². The number of nitrogens with two attached hydrogens (primary N) is 1. The first kappa shape index (κ1) is 14.0. The fourth-order valence-electron chi connectivity index (χ4n) is 2.24. The Bertz CT molecular complexity index is 383. The molecule has 102 valence electrons. The minimum Gasteiger partial charge on any atom is -0.371 e. The lowest BCUT2D eigenvalue weighted by molar-refractivity contribution is 0.0121.